The van der Waals surface area contributed by atoms with Gasteiger partial charge in [-0.1, -0.05) is 37.6 Å². The summed E-state index contributed by atoms with van der Waals surface area (Å²) in [6.07, 6.45) is -1.16. The van der Waals surface area contributed by atoms with Crippen LogP contribution in [0.25, 0.3) is 5.70 Å². The number of ether oxygens (including phenoxy) is 1. The van der Waals surface area contributed by atoms with Crippen LogP contribution in [0.5, 0.6) is 5.75 Å². The average Bonchev–Trinajstić information content (AvgIpc) is 3.44. The fraction of sp³-hybridized carbons (Fsp3) is 0.360. The Kier molecular flexibility index (Phi) is 7.30. The van der Waals surface area contributed by atoms with Crippen molar-refractivity contribution in [3.05, 3.63) is 65.7 Å². The second-order valence-corrected chi connectivity index (χ2v) is 8.56. The predicted molar refractivity (Wildman–Crippen MR) is 125 cm³/mol. The van der Waals surface area contributed by atoms with Crippen LogP contribution < -0.4 is 25.8 Å². The minimum Gasteiger partial charge on any atom is -0.484 e. The summed E-state index contributed by atoms with van der Waals surface area (Å²) in [6, 6.07) is 14.3. The van der Waals surface area contributed by atoms with Crippen molar-refractivity contribution in [2.75, 3.05) is 18.2 Å². The Balaban J connectivity index is 1.60. The van der Waals surface area contributed by atoms with Crippen LogP contribution in [0.2, 0.25) is 0 Å². The van der Waals surface area contributed by atoms with Crippen LogP contribution >= 0.6 is 0 Å². The van der Waals surface area contributed by atoms with Gasteiger partial charge < -0.3 is 15.4 Å². The van der Waals surface area contributed by atoms with Gasteiger partial charge in [-0.2, -0.15) is 13.2 Å². The van der Waals surface area contributed by atoms with Gasteiger partial charge in [0.05, 0.1) is 17.3 Å². The van der Waals surface area contributed by atoms with Gasteiger partial charge in [0.15, 0.2) is 6.61 Å². The molecule has 2 aliphatic rings. The number of alkyl halides is 3. The van der Waals surface area contributed by atoms with E-state index in [4.69, 9.17) is 4.74 Å². The van der Waals surface area contributed by atoms with Gasteiger partial charge in [-0.05, 0) is 41.8 Å². The van der Waals surface area contributed by atoms with Crippen LogP contribution in [0.15, 0.2) is 54.6 Å². The maximum absolute atomic E-state index is 12.7. The van der Waals surface area contributed by atoms with E-state index >= 15 is 0 Å². The second-order valence-electron chi connectivity index (χ2n) is 8.56. The third kappa shape index (κ3) is 6.33. The molecule has 7 nitrogen and oxygen atoms in total. The van der Waals surface area contributed by atoms with Crippen molar-refractivity contribution in [3.8, 4) is 5.75 Å². The Hall–Kier alpha value is -3.53. The number of rotatable bonds is 8. The summed E-state index contributed by atoms with van der Waals surface area (Å²) in [6.45, 7) is 0.990. The number of halogens is 3. The fourth-order valence-corrected chi connectivity index (χ4v) is 4.11. The predicted octanol–water partition coefficient (Wildman–Crippen LogP) is 3.52. The van der Waals surface area contributed by atoms with Gasteiger partial charge in [0.25, 0.3) is 0 Å². The number of nitrogens with one attached hydrogen (secondary N) is 3. The lowest BCUT2D eigenvalue weighted by atomic mass is 10.0. The smallest absolute Gasteiger partial charge is 0.422 e. The second kappa shape index (κ2) is 10.4. The van der Waals surface area contributed by atoms with Crippen molar-refractivity contribution in [2.24, 2.45) is 5.92 Å². The summed E-state index contributed by atoms with van der Waals surface area (Å²) < 4.78 is 42.8. The number of hydrogen-bond donors (Lipinski definition) is 3. The molecule has 186 valence electrons. The molecule has 0 radical (unpaired) electrons. The molecular weight excluding hydrogens is 461 g/mol. The van der Waals surface area contributed by atoms with E-state index in [2.05, 4.69) is 29.0 Å². The zero-order valence-corrected chi connectivity index (χ0v) is 19.2. The molecule has 1 saturated heterocycles. The standard InChI is InChI=1S/C25H27F3N4O3/c1-2-5-16-6-3-7-17(10-16)21-13-22(30-24(34)18-11-23(33)29-14-18)31-32(21)19-8-4-9-20(12-19)35-15-25(26,27)28/h3-4,6-10,12-13,18,22,31H,2,5,11,14-15H2,1H3,(H,29,33)(H,30,34)/t18-,22?/m0/s1. The number of aryl methyl sites for hydroxylation is 1. The fourth-order valence-electron chi connectivity index (χ4n) is 4.11. The molecule has 1 fully saturated rings. The van der Waals surface area contributed by atoms with E-state index in [1.807, 2.05) is 24.3 Å². The Bertz CT molecular complexity index is 1120. The molecular formula is C25H27F3N4O3. The summed E-state index contributed by atoms with van der Waals surface area (Å²) in [5, 5.41) is 7.27. The number of hydrogen-bond acceptors (Lipinski definition) is 5. The number of nitrogens with zero attached hydrogens (tertiary/aromatic N) is 1. The molecule has 0 spiro atoms. The zero-order valence-electron chi connectivity index (χ0n) is 19.2. The topological polar surface area (TPSA) is 82.7 Å². The first kappa shape index (κ1) is 24.6. The van der Waals surface area contributed by atoms with E-state index in [1.165, 1.54) is 12.1 Å². The van der Waals surface area contributed by atoms with E-state index in [-0.39, 0.29) is 30.5 Å². The summed E-state index contributed by atoms with van der Waals surface area (Å²) in [7, 11) is 0. The van der Waals surface area contributed by atoms with Crippen molar-refractivity contribution in [2.45, 2.75) is 38.5 Å². The Morgan fingerprint density at radius 2 is 2.00 bits per heavy atom. The van der Waals surface area contributed by atoms with Crippen molar-refractivity contribution in [1.29, 1.82) is 0 Å². The summed E-state index contributed by atoms with van der Waals surface area (Å²) in [4.78, 5) is 24.2. The van der Waals surface area contributed by atoms with Crippen molar-refractivity contribution >= 4 is 23.2 Å². The third-order valence-corrected chi connectivity index (χ3v) is 5.72. The van der Waals surface area contributed by atoms with Crippen molar-refractivity contribution in [1.82, 2.24) is 16.1 Å². The van der Waals surface area contributed by atoms with Gasteiger partial charge in [0.1, 0.15) is 11.9 Å². The van der Waals surface area contributed by atoms with Crippen LogP contribution in [-0.4, -0.2) is 37.3 Å². The molecule has 0 saturated carbocycles. The highest BCUT2D eigenvalue weighted by Crippen LogP contribution is 2.32. The van der Waals surface area contributed by atoms with Crippen LogP contribution in [0.3, 0.4) is 0 Å². The highest BCUT2D eigenvalue weighted by atomic mass is 19.4. The normalized spacial score (nSPS) is 19.9. The number of anilines is 1. The molecule has 3 N–H and O–H groups in total. The molecule has 0 aromatic heterocycles. The Labute approximate surface area is 201 Å². The maximum Gasteiger partial charge on any atom is 0.422 e. The molecule has 2 amide bonds. The first-order valence-electron chi connectivity index (χ1n) is 11.5. The lowest BCUT2D eigenvalue weighted by molar-refractivity contribution is -0.153. The summed E-state index contributed by atoms with van der Waals surface area (Å²) >= 11 is 0. The largest absolute Gasteiger partial charge is 0.484 e. The minimum absolute atomic E-state index is 0.0729. The first-order chi connectivity index (χ1) is 16.7. The molecule has 2 heterocycles. The van der Waals surface area contributed by atoms with E-state index in [0.29, 0.717) is 5.69 Å². The van der Waals surface area contributed by atoms with Crippen molar-refractivity contribution < 1.29 is 27.5 Å². The molecule has 2 atom stereocenters. The molecule has 2 aliphatic heterocycles. The summed E-state index contributed by atoms with van der Waals surface area (Å²) in [5.74, 6) is -0.808. The highest BCUT2D eigenvalue weighted by Gasteiger charge is 2.32. The molecule has 0 aliphatic carbocycles. The number of carbonyl (C=O) groups excluding carboxylic acids is 2. The van der Waals surface area contributed by atoms with E-state index in [9.17, 15) is 22.8 Å². The van der Waals surface area contributed by atoms with Gasteiger partial charge >= 0.3 is 6.18 Å². The molecule has 0 bridgehead atoms. The number of carbonyl (C=O) groups is 2. The number of hydrazine groups is 1. The van der Waals surface area contributed by atoms with Crippen LogP contribution in [-0.2, 0) is 16.0 Å². The third-order valence-electron chi connectivity index (χ3n) is 5.72. The van der Waals surface area contributed by atoms with Crippen LogP contribution in [0.4, 0.5) is 18.9 Å². The van der Waals surface area contributed by atoms with Crippen LogP contribution in [0, 0.1) is 5.92 Å². The monoisotopic (exact) mass is 488 g/mol. The van der Waals surface area contributed by atoms with E-state index in [1.54, 1.807) is 17.1 Å². The SMILES string of the molecule is CCCc1cccc(C2=CC(NC(=O)[C@@H]3CNC(=O)C3)NN2c2cccc(OCC(F)(F)F)c2)c1. The highest BCUT2D eigenvalue weighted by molar-refractivity contribution is 5.90. The van der Waals surface area contributed by atoms with Crippen molar-refractivity contribution in [3.63, 3.8) is 0 Å². The first-order valence-corrected chi connectivity index (χ1v) is 11.5. The molecule has 4 rings (SSSR count). The molecule has 2 aromatic carbocycles. The van der Waals surface area contributed by atoms with Crippen LogP contribution in [0.1, 0.15) is 30.9 Å². The molecule has 35 heavy (non-hydrogen) atoms. The van der Waals surface area contributed by atoms with Gasteiger partial charge in [-0.3, -0.25) is 14.6 Å². The maximum atomic E-state index is 12.7. The lowest BCUT2D eigenvalue weighted by Gasteiger charge is -2.25. The molecule has 1 unspecified atom stereocenters. The van der Waals surface area contributed by atoms with Gasteiger partial charge in [0, 0.05) is 19.0 Å². The number of benzene rings is 2. The summed E-state index contributed by atoms with van der Waals surface area (Å²) in [5.41, 5.74) is 6.52. The Morgan fingerprint density at radius 3 is 2.71 bits per heavy atom. The van der Waals surface area contributed by atoms with Gasteiger partial charge in [-0.15, -0.1) is 0 Å². The Morgan fingerprint density at radius 1 is 1.20 bits per heavy atom. The van der Waals surface area contributed by atoms with Gasteiger partial charge in [0.2, 0.25) is 11.8 Å². The molecule has 2 aromatic rings. The minimum atomic E-state index is -4.45. The quantitative estimate of drug-likeness (QED) is 0.530. The zero-order chi connectivity index (χ0) is 25.0. The average molecular weight is 489 g/mol. The number of amides is 2. The van der Waals surface area contributed by atoms with Gasteiger partial charge in [-0.25, -0.2) is 5.43 Å². The van der Waals surface area contributed by atoms with E-state index in [0.717, 1.165) is 29.7 Å². The van der Waals surface area contributed by atoms with E-state index < -0.39 is 24.9 Å². The molecule has 10 heteroatoms. The lowest BCUT2D eigenvalue weighted by Crippen LogP contribution is -2.48.